The molecule has 1 heterocycles. The first-order valence-corrected chi connectivity index (χ1v) is 14.5. The van der Waals surface area contributed by atoms with Gasteiger partial charge in [0.15, 0.2) is 0 Å². The van der Waals surface area contributed by atoms with Gasteiger partial charge in [0.25, 0.3) is 0 Å². The molecule has 38 heavy (non-hydrogen) atoms. The number of methoxy groups -OCH3 is 1. The van der Waals surface area contributed by atoms with Crippen molar-refractivity contribution in [3.05, 3.63) is 93.5 Å². The predicted molar refractivity (Wildman–Crippen MR) is 144 cm³/mol. The minimum atomic E-state index is -4.04. The van der Waals surface area contributed by atoms with Gasteiger partial charge in [0.2, 0.25) is 15.9 Å². The van der Waals surface area contributed by atoms with Crippen LogP contribution in [0.15, 0.2) is 59.5 Å². The minimum Gasteiger partial charge on any atom is -0.465 e. The van der Waals surface area contributed by atoms with Crippen molar-refractivity contribution in [1.82, 2.24) is 4.31 Å². The van der Waals surface area contributed by atoms with Gasteiger partial charge in [-0.15, -0.1) is 0 Å². The number of rotatable bonds is 5. The first-order valence-electron chi connectivity index (χ1n) is 13.1. The van der Waals surface area contributed by atoms with E-state index in [0.717, 1.165) is 55.3 Å². The van der Waals surface area contributed by atoms with E-state index in [9.17, 15) is 18.0 Å². The van der Waals surface area contributed by atoms with Gasteiger partial charge in [-0.25, -0.2) is 13.2 Å². The predicted octanol–water partition coefficient (Wildman–Crippen LogP) is 4.20. The Kier molecular flexibility index (Phi) is 6.32. The van der Waals surface area contributed by atoms with Crippen LogP contribution in [0.1, 0.15) is 56.6 Å². The highest BCUT2D eigenvalue weighted by atomic mass is 32.2. The molecular weight excluding hydrogens is 500 g/mol. The number of carbonyl (C=O) groups excluding carboxylic acids is 2. The number of amides is 1. The van der Waals surface area contributed by atoms with Crippen molar-refractivity contribution in [3.63, 3.8) is 0 Å². The van der Waals surface area contributed by atoms with E-state index in [2.05, 4.69) is 11.4 Å². The highest BCUT2D eigenvalue weighted by Crippen LogP contribution is 2.39. The number of nitrogens with one attached hydrogen (secondary N) is 1. The summed E-state index contributed by atoms with van der Waals surface area (Å²) in [5.41, 5.74) is 8.07. The Balaban J connectivity index is 1.37. The number of fused-ring (bicyclic) bond motifs is 3. The first kappa shape index (κ1) is 24.8. The second-order valence-corrected chi connectivity index (χ2v) is 12.2. The number of sulfonamides is 1. The molecule has 1 N–H and O–H groups in total. The number of nitrogens with zero attached hydrogens (tertiary/aromatic N) is 1. The second kappa shape index (κ2) is 9.67. The maximum Gasteiger partial charge on any atom is 0.337 e. The number of hydrogen-bond donors (Lipinski definition) is 1. The van der Waals surface area contributed by atoms with Crippen LogP contribution in [0.2, 0.25) is 0 Å². The third-order valence-corrected chi connectivity index (χ3v) is 9.98. The number of carbonyl (C=O) groups is 2. The lowest BCUT2D eigenvalue weighted by molar-refractivity contribution is -0.120. The summed E-state index contributed by atoms with van der Waals surface area (Å²) in [6.07, 6.45) is 6.33. The molecular formula is C30H30N2O5S. The molecule has 0 radical (unpaired) electrons. The fourth-order valence-electron chi connectivity index (χ4n) is 6.16. The lowest BCUT2D eigenvalue weighted by Crippen LogP contribution is -2.50. The van der Waals surface area contributed by atoms with Gasteiger partial charge in [-0.2, -0.15) is 4.31 Å². The molecule has 0 fully saturated rings. The van der Waals surface area contributed by atoms with Gasteiger partial charge in [0.05, 0.1) is 17.6 Å². The lowest BCUT2D eigenvalue weighted by atomic mass is 9.94. The summed E-state index contributed by atoms with van der Waals surface area (Å²) in [4.78, 5) is 25.9. The largest absolute Gasteiger partial charge is 0.465 e. The van der Waals surface area contributed by atoms with Crippen molar-refractivity contribution in [3.8, 4) is 0 Å². The number of esters is 1. The summed E-state index contributed by atoms with van der Waals surface area (Å²) in [6.45, 7) is 0.0976. The van der Waals surface area contributed by atoms with Gasteiger partial charge in [-0.1, -0.05) is 30.3 Å². The Labute approximate surface area is 222 Å². The number of anilines is 1. The molecule has 0 bridgehead atoms. The van der Waals surface area contributed by atoms with E-state index in [0.29, 0.717) is 6.42 Å². The van der Waals surface area contributed by atoms with Crippen molar-refractivity contribution in [1.29, 1.82) is 0 Å². The van der Waals surface area contributed by atoms with Crippen LogP contribution in [0.5, 0.6) is 0 Å². The molecule has 0 aromatic heterocycles. The maximum absolute atomic E-state index is 14.0. The van der Waals surface area contributed by atoms with Crippen LogP contribution in [-0.4, -0.2) is 37.8 Å². The topological polar surface area (TPSA) is 92.8 Å². The van der Waals surface area contributed by atoms with Gasteiger partial charge >= 0.3 is 5.97 Å². The minimum absolute atomic E-state index is 0.0313. The molecule has 3 aromatic rings. The van der Waals surface area contributed by atoms with Crippen LogP contribution in [-0.2, 0) is 58.2 Å². The Morgan fingerprint density at radius 1 is 0.868 bits per heavy atom. The average molecular weight is 531 g/mol. The molecule has 8 heteroatoms. The lowest BCUT2D eigenvalue weighted by Gasteiger charge is -2.35. The number of benzene rings is 3. The third-order valence-electron chi connectivity index (χ3n) is 8.11. The fraction of sp³-hybridized carbons (Fsp3) is 0.333. The molecule has 0 saturated carbocycles. The van der Waals surface area contributed by atoms with Crippen LogP contribution < -0.4 is 5.32 Å². The summed E-state index contributed by atoms with van der Waals surface area (Å²) < 4.78 is 33.9. The van der Waals surface area contributed by atoms with Gasteiger partial charge in [0.1, 0.15) is 6.04 Å². The van der Waals surface area contributed by atoms with Gasteiger partial charge < -0.3 is 10.1 Å². The number of aryl methyl sites for hydroxylation is 2. The SMILES string of the molecule is COC(=O)c1ccc(S(=O)(=O)N2Cc3ccccc3C[C@H]2C(=O)Nc2c3c(cc4c2CCC4)CCC3)cc1. The highest BCUT2D eigenvalue weighted by Gasteiger charge is 2.40. The number of hydrogen-bond acceptors (Lipinski definition) is 5. The Hall–Kier alpha value is -3.49. The molecule has 196 valence electrons. The van der Waals surface area contributed by atoms with Crippen molar-refractivity contribution < 1.29 is 22.7 Å². The van der Waals surface area contributed by atoms with E-state index in [1.54, 1.807) is 0 Å². The summed E-state index contributed by atoms with van der Waals surface area (Å²) in [7, 11) is -2.77. The molecule has 7 nitrogen and oxygen atoms in total. The van der Waals surface area contributed by atoms with E-state index in [-0.39, 0.29) is 22.9 Å². The quantitative estimate of drug-likeness (QED) is 0.499. The first-order chi connectivity index (χ1) is 18.4. The molecule has 6 rings (SSSR count). The normalized spacial score (nSPS) is 18.4. The number of ether oxygens (including phenoxy) is 1. The van der Waals surface area contributed by atoms with Gasteiger partial charge in [-0.05, 0) is 103 Å². The zero-order valence-electron chi connectivity index (χ0n) is 21.3. The van der Waals surface area contributed by atoms with Gasteiger partial charge in [-0.3, -0.25) is 4.79 Å². The van der Waals surface area contributed by atoms with Crippen LogP contribution >= 0.6 is 0 Å². The van der Waals surface area contributed by atoms with E-state index < -0.39 is 22.0 Å². The standard InChI is InChI=1S/C30H30N2O5S/c1-37-30(34)19-12-14-24(15-13-19)38(35,36)32-18-23-7-3-2-6-20(23)17-27(32)29(33)31-28-25-10-4-8-21(25)16-22-9-5-11-26(22)28/h2-3,6-7,12-16,27H,4-5,8-11,17-18H2,1H3,(H,31,33)/t27-/m0/s1. The Bertz CT molecular complexity index is 1510. The van der Waals surface area contributed by atoms with Crippen molar-refractivity contribution >= 4 is 27.6 Å². The summed E-state index contributed by atoms with van der Waals surface area (Å²) in [5.74, 6) is -0.843. The molecule has 0 spiro atoms. The van der Waals surface area contributed by atoms with Crippen LogP contribution in [0, 0.1) is 0 Å². The molecule has 0 saturated heterocycles. The zero-order chi connectivity index (χ0) is 26.4. The molecule has 1 atom stereocenters. The molecule has 1 aliphatic heterocycles. The van der Waals surface area contributed by atoms with Crippen LogP contribution in [0.25, 0.3) is 0 Å². The average Bonchev–Trinajstić information content (AvgIpc) is 3.61. The van der Waals surface area contributed by atoms with Gasteiger partial charge in [0, 0.05) is 12.2 Å². The maximum atomic E-state index is 14.0. The molecule has 0 unspecified atom stereocenters. The molecule has 3 aromatic carbocycles. The molecule has 1 amide bonds. The smallest absolute Gasteiger partial charge is 0.337 e. The zero-order valence-corrected chi connectivity index (χ0v) is 22.1. The molecule has 3 aliphatic rings. The van der Waals surface area contributed by atoms with Crippen LogP contribution in [0.3, 0.4) is 0 Å². The third kappa shape index (κ3) is 4.22. The van der Waals surface area contributed by atoms with Crippen molar-refractivity contribution in [2.45, 2.75) is 62.4 Å². The van der Waals surface area contributed by atoms with Crippen molar-refractivity contribution in [2.75, 3.05) is 12.4 Å². The second-order valence-electron chi connectivity index (χ2n) is 10.3. The Morgan fingerprint density at radius 3 is 2.13 bits per heavy atom. The van der Waals surface area contributed by atoms with E-state index in [1.165, 1.54) is 57.9 Å². The fourth-order valence-corrected chi connectivity index (χ4v) is 7.73. The Morgan fingerprint density at radius 2 is 1.50 bits per heavy atom. The monoisotopic (exact) mass is 530 g/mol. The van der Waals surface area contributed by atoms with E-state index >= 15 is 0 Å². The summed E-state index contributed by atoms with van der Waals surface area (Å²) in [6, 6.07) is 14.7. The summed E-state index contributed by atoms with van der Waals surface area (Å²) in [5, 5.41) is 3.22. The van der Waals surface area contributed by atoms with E-state index in [1.807, 2.05) is 24.3 Å². The van der Waals surface area contributed by atoms with E-state index in [4.69, 9.17) is 4.74 Å². The highest BCUT2D eigenvalue weighted by molar-refractivity contribution is 7.89. The van der Waals surface area contributed by atoms with Crippen LogP contribution in [0.4, 0.5) is 5.69 Å². The molecule has 2 aliphatic carbocycles. The van der Waals surface area contributed by atoms with Crippen molar-refractivity contribution in [2.24, 2.45) is 0 Å². The summed E-state index contributed by atoms with van der Waals surface area (Å²) >= 11 is 0.